The van der Waals surface area contributed by atoms with Crippen LogP contribution in [0.3, 0.4) is 0 Å². The number of nitrogens with zero attached hydrogens (tertiary/aromatic N) is 5. The number of thioether (sulfide) groups is 1. The predicted octanol–water partition coefficient (Wildman–Crippen LogP) is 4.96. The molecule has 2 aromatic heterocycles. The summed E-state index contributed by atoms with van der Waals surface area (Å²) in [5.41, 5.74) is 2.03. The van der Waals surface area contributed by atoms with Gasteiger partial charge in [-0.05, 0) is 60.3 Å². The van der Waals surface area contributed by atoms with Crippen LogP contribution < -0.4 is 15.2 Å². The molecule has 0 radical (unpaired) electrons. The van der Waals surface area contributed by atoms with Gasteiger partial charge in [0.2, 0.25) is 0 Å². The third-order valence-corrected chi connectivity index (χ3v) is 7.43. The van der Waals surface area contributed by atoms with Crippen LogP contribution in [-0.4, -0.2) is 33.2 Å². The zero-order chi connectivity index (χ0) is 24.5. The van der Waals surface area contributed by atoms with Gasteiger partial charge in [-0.25, -0.2) is 9.89 Å². The fourth-order valence-electron chi connectivity index (χ4n) is 3.53. The molecular formula is C24H18ClN5O3S2. The van der Waals surface area contributed by atoms with Crippen molar-refractivity contribution in [1.82, 2.24) is 15.0 Å². The molecule has 11 heteroatoms. The second-order valence-electron chi connectivity index (χ2n) is 7.53. The van der Waals surface area contributed by atoms with E-state index in [1.807, 2.05) is 18.4 Å². The number of rotatable bonds is 5. The Morgan fingerprint density at radius 1 is 1.17 bits per heavy atom. The molecule has 2 aromatic carbocycles. The molecule has 0 aliphatic carbocycles. The lowest BCUT2D eigenvalue weighted by molar-refractivity contribution is -0.113. The average Bonchev–Trinajstić information content (AvgIpc) is 3.41. The number of anilines is 1. The van der Waals surface area contributed by atoms with E-state index in [4.69, 9.17) is 16.3 Å². The maximum absolute atomic E-state index is 13.5. The molecule has 0 saturated heterocycles. The van der Waals surface area contributed by atoms with E-state index in [0.29, 0.717) is 32.5 Å². The van der Waals surface area contributed by atoms with Crippen molar-refractivity contribution in [3.05, 3.63) is 85.4 Å². The number of fused-ring (bicyclic) bond motifs is 1. The van der Waals surface area contributed by atoms with E-state index in [9.17, 15) is 9.59 Å². The topological polar surface area (TPSA) is 89.7 Å². The molecule has 1 amide bonds. The first kappa shape index (κ1) is 23.3. The minimum atomic E-state index is -0.321. The summed E-state index contributed by atoms with van der Waals surface area (Å²) < 4.78 is 6.74. The van der Waals surface area contributed by atoms with Crippen LogP contribution in [0.2, 0.25) is 5.02 Å². The van der Waals surface area contributed by atoms with Crippen LogP contribution in [-0.2, 0) is 10.7 Å². The zero-order valence-electron chi connectivity index (χ0n) is 18.6. The molecular weight excluding hydrogens is 506 g/mol. The van der Waals surface area contributed by atoms with Gasteiger partial charge >= 0.3 is 0 Å². The number of carbonyl (C=O) groups excluding carboxylic acids is 1. The highest BCUT2D eigenvalue weighted by Gasteiger charge is 2.34. The maximum atomic E-state index is 13.5. The highest BCUT2D eigenvalue weighted by molar-refractivity contribution is 8.13. The Kier molecular flexibility index (Phi) is 6.42. The molecule has 0 N–H and O–H groups in total. The van der Waals surface area contributed by atoms with E-state index in [-0.39, 0.29) is 23.0 Å². The molecule has 1 aliphatic heterocycles. The molecule has 176 valence electrons. The number of thiophene rings is 1. The number of aliphatic imine (C=N–C) groups is 1. The van der Waals surface area contributed by atoms with Gasteiger partial charge in [0.1, 0.15) is 17.0 Å². The second kappa shape index (κ2) is 9.65. The summed E-state index contributed by atoms with van der Waals surface area (Å²) in [5, 5.41) is 11.4. The van der Waals surface area contributed by atoms with E-state index in [0.717, 1.165) is 10.4 Å². The molecule has 1 aliphatic rings. The van der Waals surface area contributed by atoms with E-state index in [2.05, 4.69) is 15.3 Å². The first-order chi connectivity index (χ1) is 17.0. The van der Waals surface area contributed by atoms with Crippen molar-refractivity contribution in [1.29, 1.82) is 0 Å². The third kappa shape index (κ3) is 4.47. The quantitative estimate of drug-likeness (QED) is 0.343. The van der Waals surface area contributed by atoms with Crippen molar-refractivity contribution in [2.75, 3.05) is 12.0 Å². The SMILES string of the molecule is COc1ccc(Cl)cc1N1C(=O)C(=Cc2sccc2C)N=C1SCn1nnc2ccccc2c1=O. The number of aromatic nitrogens is 3. The molecule has 0 fully saturated rings. The van der Waals surface area contributed by atoms with Gasteiger partial charge in [0, 0.05) is 9.90 Å². The summed E-state index contributed by atoms with van der Waals surface area (Å²) >= 11 is 8.97. The normalized spacial score (nSPS) is 14.7. The molecule has 35 heavy (non-hydrogen) atoms. The fraction of sp³-hybridized carbons (Fsp3) is 0.125. The standard InChI is InChI=1S/C24H18ClN5O3S2/c1-14-9-10-34-21(14)12-18-23(32)30(19-11-15(25)7-8-20(19)33-2)24(26-18)35-13-29-22(31)16-5-3-4-6-17(16)27-28-29/h3-12H,13H2,1-2H3. The number of benzene rings is 2. The van der Waals surface area contributed by atoms with Crippen LogP contribution in [0.4, 0.5) is 5.69 Å². The summed E-state index contributed by atoms with van der Waals surface area (Å²) in [7, 11) is 1.52. The Balaban J connectivity index is 1.54. The zero-order valence-corrected chi connectivity index (χ0v) is 21.0. The second-order valence-corrected chi connectivity index (χ2v) is 9.83. The lowest BCUT2D eigenvalue weighted by Gasteiger charge is -2.20. The number of methoxy groups -OCH3 is 1. The number of amidine groups is 1. The van der Waals surface area contributed by atoms with Crippen LogP contribution in [0.25, 0.3) is 17.0 Å². The highest BCUT2D eigenvalue weighted by Crippen LogP contribution is 2.37. The van der Waals surface area contributed by atoms with Gasteiger partial charge in [-0.2, -0.15) is 4.68 Å². The maximum Gasteiger partial charge on any atom is 0.283 e. The Labute approximate surface area is 213 Å². The van der Waals surface area contributed by atoms with Gasteiger partial charge in [0.25, 0.3) is 11.5 Å². The minimum Gasteiger partial charge on any atom is -0.495 e. The van der Waals surface area contributed by atoms with E-state index in [1.54, 1.807) is 48.5 Å². The first-order valence-electron chi connectivity index (χ1n) is 10.4. The third-order valence-electron chi connectivity index (χ3n) is 5.33. The average molecular weight is 524 g/mol. The summed E-state index contributed by atoms with van der Waals surface area (Å²) in [5.74, 6) is 0.248. The monoisotopic (exact) mass is 523 g/mol. The minimum absolute atomic E-state index is 0.105. The molecule has 4 aromatic rings. The van der Waals surface area contributed by atoms with Gasteiger partial charge in [0.05, 0.1) is 24.1 Å². The number of ether oxygens (including phenoxy) is 1. The van der Waals surface area contributed by atoms with Gasteiger partial charge in [0.15, 0.2) is 5.17 Å². The van der Waals surface area contributed by atoms with Crippen LogP contribution >= 0.6 is 34.7 Å². The number of halogens is 1. The molecule has 8 nitrogen and oxygen atoms in total. The fourth-order valence-corrected chi connectivity index (χ4v) is 5.43. The number of hydrogen-bond donors (Lipinski definition) is 0. The summed E-state index contributed by atoms with van der Waals surface area (Å²) in [4.78, 5) is 33.4. The predicted molar refractivity (Wildman–Crippen MR) is 141 cm³/mol. The van der Waals surface area contributed by atoms with Crippen molar-refractivity contribution in [3.63, 3.8) is 0 Å². The molecule has 0 bridgehead atoms. The Bertz CT molecular complexity index is 1580. The van der Waals surface area contributed by atoms with Crippen LogP contribution in [0.15, 0.2) is 69.4 Å². The van der Waals surface area contributed by atoms with E-state index in [1.165, 1.54) is 39.8 Å². The van der Waals surface area contributed by atoms with Crippen molar-refractivity contribution in [2.45, 2.75) is 12.8 Å². The molecule has 3 heterocycles. The number of aryl methyl sites for hydroxylation is 1. The van der Waals surface area contributed by atoms with Gasteiger partial charge in [-0.1, -0.05) is 40.7 Å². The van der Waals surface area contributed by atoms with Gasteiger partial charge < -0.3 is 4.74 Å². The Hall–Kier alpha value is -3.47. The van der Waals surface area contributed by atoms with Crippen LogP contribution in [0.5, 0.6) is 5.75 Å². The largest absolute Gasteiger partial charge is 0.495 e. The number of carbonyl (C=O) groups is 1. The number of amides is 1. The molecule has 0 spiro atoms. The summed E-state index contributed by atoms with van der Waals surface area (Å²) in [6, 6.07) is 14.0. The van der Waals surface area contributed by atoms with E-state index < -0.39 is 0 Å². The van der Waals surface area contributed by atoms with E-state index >= 15 is 0 Å². The summed E-state index contributed by atoms with van der Waals surface area (Å²) in [6.07, 6.45) is 1.77. The highest BCUT2D eigenvalue weighted by atomic mass is 35.5. The van der Waals surface area contributed by atoms with Crippen LogP contribution in [0.1, 0.15) is 10.4 Å². The Morgan fingerprint density at radius 3 is 2.77 bits per heavy atom. The lowest BCUT2D eigenvalue weighted by Crippen LogP contribution is -2.32. The molecule has 0 atom stereocenters. The summed E-state index contributed by atoms with van der Waals surface area (Å²) in [6.45, 7) is 1.98. The van der Waals surface area contributed by atoms with Gasteiger partial charge in [-0.15, -0.1) is 16.4 Å². The van der Waals surface area contributed by atoms with Crippen molar-refractivity contribution >= 4 is 68.4 Å². The molecule has 5 rings (SSSR count). The van der Waals surface area contributed by atoms with Crippen molar-refractivity contribution in [2.24, 2.45) is 4.99 Å². The lowest BCUT2D eigenvalue weighted by atomic mass is 10.2. The smallest absolute Gasteiger partial charge is 0.283 e. The molecule has 0 unspecified atom stereocenters. The molecule has 0 saturated carbocycles. The first-order valence-corrected chi connectivity index (χ1v) is 12.7. The van der Waals surface area contributed by atoms with Crippen LogP contribution in [0, 0.1) is 6.92 Å². The number of hydrogen-bond acceptors (Lipinski definition) is 8. The Morgan fingerprint density at radius 2 is 2.00 bits per heavy atom. The van der Waals surface area contributed by atoms with Gasteiger partial charge in [-0.3, -0.25) is 9.59 Å². The van der Waals surface area contributed by atoms with Crippen molar-refractivity contribution in [3.8, 4) is 5.75 Å². The van der Waals surface area contributed by atoms with Crippen molar-refractivity contribution < 1.29 is 9.53 Å².